The molecular weight excluding hydrogens is 238 g/mol. The van der Waals surface area contributed by atoms with Crippen LogP contribution in [0.3, 0.4) is 0 Å². The molecule has 0 amide bonds. The van der Waals surface area contributed by atoms with Gasteiger partial charge in [0.1, 0.15) is 18.5 Å². The van der Waals surface area contributed by atoms with E-state index in [2.05, 4.69) is 5.32 Å². The van der Waals surface area contributed by atoms with E-state index in [1.54, 1.807) is 0 Å². The van der Waals surface area contributed by atoms with Crippen LogP contribution in [0.2, 0.25) is 0 Å². The number of nitrogens with one attached hydrogen (secondary N) is 1. The maximum absolute atomic E-state index is 9.80. The summed E-state index contributed by atoms with van der Waals surface area (Å²) in [6.45, 7) is 4.00. The van der Waals surface area contributed by atoms with Gasteiger partial charge in [0.25, 0.3) is 0 Å². The van der Waals surface area contributed by atoms with Gasteiger partial charge in [0, 0.05) is 6.54 Å². The average Bonchev–Trinajstić information content (AvgIpc) is 3.22. The molecule has 3 nitrogen and oxygen atoms in total. The summed E-state index contributed by atoms with van der Waals surface area (Å²) in [5.41, 5.74) is 1.21. The van der Waals surface area contributed by atoms with Crippen molar-refractivity contribution in [1.82, 2.24) is 5.32 Å². The van der Waals surface area contributed by atoms with Crippen LogP contribution in [0.1, 0.15) is 31.2 Å². The van der Waals surface area contributed by atoms with Gasteiger partial charge in [-0.05, 0) is 44.4 Å². The number of aliphatic hydroxyl groups excluding tert-OH is 1. The van der Waals surface area contributed by atoms with Crippen LogP contribution in [0.15, 0.2) is 24.3 Å². The number of aryl methyl sites for hydroxylation is 1. The van der Waals surface area contributed by atoms with E-state index < -0.39 is 6.10 Å². The molecule has 1 aliphatic rings. The number of hydrogen-bond acceptors (Lipinski definition) is 3. The Kier molecular flexibility index (Phi) is 5.67. The minimum atomic E-state index is -0.442. The molecule has 1 saturated carbocycles. The molecule has 0 radical (unpaired) electrons. The SMILES string of the molecule is Cc1ccc(OCC(O)CNCCCC2CC2)cc1. The van der Waals surface area contributed by atoms with E-state index in [1.165, 1.54) is 31.2 Å². The zero-order valence-electron chi connectivity index (χ0n) is 11.8. The third kappa shape index (κ3) is 6.08. The summed E-state index contributed by atoms with van der Waals surface area (Å²) in [5, 5.41) is 13.1. The number of hydrogen-bond donors (Lipinski definition) is 2. The monoisotopic (exact) mass is 263 g/mol. The van der Waals surface area contributed by atoms with Crippen molar-refractivity contribution < 1.29 is 9.84 Å². The van der Waals surface area contributed by atoms with E-state index in [0.717, 1.165) is 18.2 Å². The van der Waals surface area contributed by atoms with Gasteiger partial charge in [-0.3, -0.25) is 0 Å². The topological polar surface area (TPSA) is 41.5 Å². The van der Waals surface area contributed by atoms with Gasteiger partial charge in [0.2, 0.25) is 0 Å². The Morgan fingerprint density at radius 1 is 1.32 bits per heavy atom. The van der Waals surface area contributed by atoms with E-state index >= 15 is 0 Å². The quantitative estimate of drug-likeness (QED) is 0.673. The van der Waals surface area contributed by atoms with Crippen LogP contribution < -0.4 is 10.1 Å². The summed E-state index contributed by atoms with van der Waals surface area (Å²) in [4.78, 5) is 0. The van der Waals surface area contributed by atoms with Crippen LogP contribution >= 0.6 is 0 Å². The Morgan fingerprint density at radius 2 is 2.05 bits per heavy atom. The van der Waals surface area contributed by atoms with Gasteiger partial charge in [-0.2, -0.15) is 0 Å². The number of rotatable bonds is 9. The molecule has 1 aliphatic carbocycles. The molecule has 106 valence electrons. The van der Waals surface area contributed by atoms with Crippen LogP contribution in [0.4, 0.5) is 0 Å². The highest BCUT2D eigenvalue weighted by Gasteiger charge is 2.19. The molecule has 2 rings (SSSR count). The number of benzene rings is 1. The highest BCUT2D eigenvalue weighted by atomic mass is 16.5. The maximum Gasteiger partial charge on any atom is 0.119 e. The number of ether oxygens (including phenoxy) is 1. The zero-order chi connectivity index (χ0) is 13.5. The van der Waals surface area contributed by atoms with Crippen LogP contribution in [-0.2, 0) is 0 Å². The van der Waals surface area contributed by atoms with Crippen LogP contribution in [-0.4, -0.2) is 30.9 Å². The van der Waals surface area contributed by atoms with Crippen LogP contribution in [0, 0.1) is 12.8 Å². The minimum Gasteiger partial charge on any atom is -0.491 e. The van der Waals surface area contributed by atoms with E-state index in [0.29, 0.717) is 13.2 Å². The Hall–Kier alpha value is -1.06. The van der Waals surface area contributed by atoms with Crippen molar-refractivity contribution in [2.24, 2.45) is 5.92 Å². The number of aliphatic hydroxyl groups is 1. The first kappa shape index (κ1) is 14.4. The van der Waals surface area contributed by atoms with Crippen molar-refractivity contribution in [3.05, 3.63) is 29.8 Å². The first-order valence-electron chi connectivity index (χ1n) is 7.32. The average molecular weight is 263 g/mol. The molecule has 0 bridgehead atoms. The van der Waals surface area contributed by atoms with Gasteiger partial charge in [-0.15, -0.1) is 0 Å². The van der Waals surface area contributed by atoms with Crippen molar-refractivity contribution in [3.63, 3.8) is 0 Å². The molecule has 1 atom stereocenters. The molecule has 0 aromatic heterocycles. The second kappa shape index (κ2) is 7.51. The second-order valence-electron chi connectivity index (χ2n) is 5.57. The van der Waals surface area contributed by atoms with Gasteiger partial charge in [-0.1, -0.05) is 30.5 Å². The lowest BCUT2D eigenvalue weighted by Crippen LogP contribution is -2.32. The summed E-state index contributed by atoms with van der Waals surface area (Å²) in [7, 11) is 0. The van der Waals surface area contributed by atoms with Gasteiger partial charge in [0.05, 0.1) is 0 Å². The molecule has 19 heavy (non-hydrogen) atoms. The van der Waals surface area contributed by atoms with Crippen LogP contribution in [0.25, 0.3) is 0 Å². The van der Waals surface area contributed by atoms with E-state index in [9.17, 15) is 5.11 Å². The maximum atomic E-state index is 9.80. The summed E-state index contributed by atoms with van der Waals surface area (Å²) in [6, 6.07) is 7.89. The van der Waals surface area contributed by atoms with E-state index in [-0.39, 0.29) is 0 Å². The van der Waals surface area contributed by atoms with Crippen molar-refractivity contribution in [2.75, 3.05) is 19.7 Å². The van der Waals surface area contributed by atoms with Crippen molar-refractivity contribution >= 4 is 0 Å². The smallest absolute Gasteiger partial charge is 0.119 e. The molecule has 1 fully saturated rings. The molecule has 2 N–H and O–H groups in total. The van der Waals surface area contributed by atoms with Gasteiger partial charge < -0.3 is 15.2 Å². The summed E-state index contributed by atoms with van der Waals surface area (Å²) >= 11 is 0. The third-order valence-corrected chi connectivity index (χ3v) is 3.51. The molecule has 1 aromatic carbocycles. The molecule has 0 saturated heterocycles. The highest BCUT2D eigenvalue weighted by molar-refractivity contribution is 5.26. The lowest BCUT2D eigenvalue weighted by atomic mass is 10.2. The van der Waals surface area contributed by atoms with E-state index in [4.69, 9.17) is 4.74 Å². The predicted molar refractivity (Wildman–Crippen MR) is 77.5 cm³/mol. The van der Waals surface area contributed by atoms with Crippen molar-refractivity contribution in [1.29, 1.82) is 0 Å². The first-order valence-corrected chi connectivity index (χ1v) is 7.32. The predicted octanol–water partition coefficient (Wildman–Crippen LogP) is 2.51. The molecular formula is C16H25NO2. The molecule has 1 unspecified atom stereocenters. The Balaban J connectivity index is 1.51. The lowest BCUT2D eigenvalue weighted by molar-refractivity contribution is 0.106. The second-order valence-corrected chi connectivity index (χ2v) is 5.57. The van der Waals surface area contributed by atoms with E-state index in [1.807, 2.05) is 31.2 Å². The molecule has 3 heteroatoms. The molecule has 0 heterocycles. The van der Waals surface area contributed by atoms with Gasteiger partial charge >= 0.3 is 0 Å². The molecule has 1 aromatic rings. The molecule has 0 aliphatic heterocycles. The van der Waals surface area contributed by atoms with Crippen molar-refractivity contribution in [2.45, 2.75) is 38.7 Å². The van der Waals surface area contributed by atoms with Gasteiger partial charge in [-0.25, -0.2) is 0 Å². The summed E-state index contributed by atoms with van der Waals surface area (Å²) in [5.74, 6) is 1.81. The van der Waals surface area contributed by atoms with Gasteiger partial charge in [0.15, 0.2) is 0 Å². The fourth-order valence-corrected chi connectivity index (χ4v) is 2.08. The summed E-state index contributed by atoms with van der Waals surface area (Å²) in [6.07, 6.45) is 4.96. The first-order chi connectivity index (χ1) is 9.24. The van der Waals surface area contributed by atoms with Crippen LogP contribution in [0.5, 0.6) is 5.75 Å². The summed E-state index contributed by atoms with van der Waals surface area (Å²) < 4.78 is 5.54. The largest absolute Gasteiger partial charge is 0.491 e. The third-order valence-electron chi connectivity index (χ3n) is 3.51. The Morgan fingerprint density at radius 3 is 2.74 bits per heavy atom. The normalized spacial score (nSPS) is 16.3. The Labute approximate surface area is 116 Å². The lowest BCUT2D eigenvalue weighted by Gasteiger charge is -2.13. The molecule has 0 spiro atoms. The zero-order valence-corrected chi connectivity index (χ0v) is 11.8. The fourth-order valence-electron chi connectivity index (χ4n) is 2.08. The Bertz CT molecular complexity index is 360. The van der Waals surface area contributed by atoms with Crippen molar-refractivity contribution in [3.8, 4) is 5.75 Å². The minimum absolute atomic E-state index is 0.346. The highest BCUT2D eigenvalue weighted by Crippen LogP contribution is 2.33. The fraction of sp³-hybridized carbons (Fsp3) is 0.625. The standard InChI is InChI=1S/C16H25NO2/c1-13-4-8-16(9-5-13)19-12-15(18)11-17-10-2-3-14-6-7-14/h4-5,8-9,14-15,17-18H,2-3,6-7,10-12H2,1H3.